The Morgan fingerprint density at radius 1 is 0.917 bits per heavy atom. The van der Waals surface area contributed by atoms with Gasteiger partial charge in [-0.25, -0.2) is 0 Å². The monoisotopic (exact) mass is 296 g/mol. The van der Waals surface area contributed by atoms with E-state index in [1.165, 1.54) is 38.5 Å². The van der Waals surface area contributed by atoms with Gasteiger partial charge in [0.1, 0.15) is 0 Å². The molecule has 0 spiro atoms. The average molecular weight is 298 g/mol. The molecule has 0 radical (unpaired) electrons. The Hall–Kier alpha value is 0.960. The van der Waals surface area contributed by atoms with Gasteiger partial charge in [0.15, 0.2) is 0 Å². The van der Waals surface area contributed by atoms with Crippen molar-refractivity contribution in [3.05, 3.63) is 0 Å². The van der Waals surface area contributed by atoms with Crippen LogP contribution in [0.25, 0.3) is 0 Å². The molecule has 0 saturated heterocycles. The van der Waals surface area contributed by atoms with Crippen LogP contribution in [-0.4, -0.2) is 9.65 Å². The Kier molecular flexibility index (Phi) is 5.19. The van der Waals surface area contributed by atoms with Crippen LogP contribution in [0.2, 0.25) is 0 Å². The first kappa shape index (κ1) is 11.0. The van der Waals surface area contributed by atoms with E-state index in [1.807, 2.05) is 0 Å². The number of halogens is 2. The topological polar surface area (TPSA) is 0 Å². The molecule has 3 unspecified atom stereocenters. The number of hydrogen-bond acceptors (Lipinski definition) is 0. The van der Waals surface area contributed by atoms with Crippen molar-refractivity contribution < 1.29 is 0 Å². The van der Waals surface area contributed by atoms with Crippen molar-refractivity contribution in [3.63, 3.8) is 0 Å². The summed E-state index contributed by atoms with van der Waals surface area (Å²) in [4.78, 5) is 1.54. The highest BCUT2D eigenvalue weighted by molar-refractivity contribution is 9.09. The molecule has 0 aliphatic heterocycles. The van der Waals surface area contributed by atoms with Crippen LogP contribution in [0, 0.1) is 5.92 Å². The molecule has 1 aliphatic carbocycles. The molecular weight excluding hydrogens is 280 g/mol. The summed E-state index contributed by atoms with van der Waals surface area (Å²) in [6.07, 6.45) is 8.19. The van der Waals surface area contributed by atoms with E-state index in [0.29, 0.717) is 0 Å². The first-order valence-corrected chi connectivity index (χ1v) is 6.79. The van der Waals surface area contributed by atoms with Gasteiger partial charge in [-0.2, -0.15) is 0 Å². The van der Waals surface area contributed by atoms with Crippen LogP contribution in [0.4, 0.5) is 0 Å². The van der Waals surface area contributed by atoms with E-state index in [4.69, 9.17) is 0 Å². The summed E-state index contributed by atoms with van der Waals surface area (Å²) >= 11 is 7.49. The zero-order valence-corrected chi connectivity index (χ0v) is 10.9. The number of alkyl halides is 2. The van der Waals surface area contributed by atoms with Crippen LogP contribution in [0.3, 0.4) is 0 Å². The van der Waals surface area contributed by atoms with Crippen LogP contribution < -0.4 is 0 Å². The molecule has 1 rings (SSSR count). The average Bonchev–Trinajstić information content (AvgIpc) is 2.05. The highest BCUT2D eigenvalue weighted by atomic mass is 79.9. The Balaban J connectivity index is 2.36. The molecule has 0 N–H and O–H groups in total. The lowest BCUT2D eigenvalue weighted by Crippen LogP contribution is -2.04. The van der Waals surface area contributed by atoms with Crippen LogP contribution in [-0.2, 0) is 0 Å². The third-order valence-corrected chi connectivity index (χ3v) is 4.41. The fourth-order valence-corrected chi connectivity index (χ4v) is 3.39. The van der Waals surface area contributed by atoms with Crippen LogP contribution >= 0.6 is 31.9 Å². The summed E-state index contributed by atoms with van der Waals surface area (Å²) < 4.78 is 0. The van der Waals surface area contributed by atoms with Crippen molar-refractivity contribution in [2.75, 3.05) is 0 Å². The lowest BCUT2D eigenvalue weighted by molar-refractivity contribution is 0.476. The van der Waals surface area contributed by atoms with Gasteiger partial charge in [-0.05, 0) is 38.0 Å². The van der Waals surface area contributed by atoms with Gasteiger partial charge in [-0.1, -0.05) is 45.2 Å². The molecule has 1 fully saturated rings. The van der Waals surface area contributed by atoms with Crippen molar-refractivity contribution in [1.82, 2.24) is 0 Å². The van der Waals surface area contributed by atoms with Crippen molar-refractivity contribution >= 4 is 31.9 Å². The Morgan fingerprint density at radius 3 is 2.33 bits per heavy atom. The summed E-state index contributed by atoms with van der Waals surface area (Å²) in [6.45, 7) is 2.37. The van der Waals surface area contributed by atoms with E-state index in [2.05, 4.69) is 38.8 Å². The van der Waals surface area contributed by atoms with E-state index in [1.54, 1.807) is 0 Å². The van der Waals surface area contributed by atoms with Crippen molar-refractivity contribution in [1.29, 1.82) is 0 Å². The highest BCUT2D eigenvalue weighted by Gasteiger charge is 2.15. The van der Waals surface area contributed by atoms with Crippen molar-refractivity contribution in [3.8, 4) is 0 Å². The molecular formula is C10H18Br2. The summed E-state index contributed by atoms with van der Waals surface area (Å²) in [5.41, 5.74) is 0. The van der Waals surface area contributed by atoms with Gasteiger partial charge in [0.05, 0.1) is 0 Å². The van der Waals surface area contributed by atoms with Gasteiger partial charge < -0.3 is 0 Å². The maximum Gasteiger partial charge on any atom is 0.0148 e. The molecule has 72 valence electrons. The lowest BCUT2D eigenvalue weighted by Gasteiger charge is -2.13. The minimum atomic E-state index is 0.769. The number of hydrogen-bond donors (Lipinski definition) is 0. The molecule has 0 aromatic carbocycles. The van der Waals surface area contributed by atoms with Gasteiger partial charge in [0, 0.05) is 9.65 Å². The predicted molar refractivity (Wildman–Crippen MR) is 62.3 cm³/mol. The quantitative estimate of drug-likeness (QED) is 0.577. The van der Waals surface area contributed by atoms with Gasteiger partial charge >= 0.3 is 0 Å². The fraction of sp³-hybridized carbons (Fsp3) is 1.00. The minimum Gasteiger partial charge on any atom is -0.0891 e. The standard InChI is InChI=1S/C10H18Br2/c1-8-5-6-9(11)3-2-4-10(12)7-8/h8-10H,2-7H2,1H3. The predicted octanol–water partition coefficient (Wildman–Crippen LogP) is 4.50. The largest absolute Gasteiger partial charge is 0.0891 e. The normalized spacial score (nSPS) is 39.8. The van der Waals surface area contributed by atoms with E-state index in [9.17, 15) is 0 Å². The SMILES string of the molecule is CC1CCC(Br)CCCC(Br)C1. The van der Waals surface area contributed by atoms with E-state index in [-0.39, 0.29) is 0 Å². The molecule has 0 amide bonds. The molecule has 12 heavy (non-hydrogen) atoms. The maximum atomic E-state index is 3.75. The summed E-state index contributed by atoms with van der Waals surface area (Å²) in [5, 5.41) is 0. The molecule has 0 bridgehead atoms. The Labute approximate surface area is 92.8 Å². The van der Waals surface area contributed by atoms with Crippen LogP contribution in [0.5, 0.6) is 0 Å². The fourth-order valence-electron chi connectivity index (χ4n) is 1.84. The minimum absolute atomic E-state index is 0.769. The Bertz CT molecular complexity index is 125. The molecule has 1 saturated carbocycles. The maximum absolute atomic E-state index is 3.75. The molecule has 0 aromatic rings. The van der Waals surface area contributed by atoms with Gasteiger partial charge in [-0.15, -0.1) is 0 Å². The second kappa shape index (κ2) is 5.64. The lowest BCUT2D eigenvalue weighted by atomic mass is 9.99. The van der Waals surface area contributed by atoms with Crippen LogP contribution in [0.1, 0.15) is 45.4 Å². The summed E-state index contributed by atoms with van der Waals surface area (Å²) in [7, 11) is 0. The zero-order chi connectivity index (χ0) is 8.97. The van der Waals surface area contributed by atoms with Gasteiger partial charge in [0.25, 0.3) is 0 Å². The highest BCUT2D eigenvalue weighted by Crippen LogP contribution is 2.28. The molecule has 1 aliphatic rings. The molecule has 0 nitrogen and oxygen atoms in total. The number of rotatable bonds is 0. The van der Waals surface area contributed by atoms with E-state index in [0.717, 1.165) is 15.6 Å². The summed E-state index contributed by atoms with van der Waals surface area (Å²) in [6, 6.07) is 0. The van der Waals surface area contributed by atoms with E-state index < -0.39 is 0 Å². The first-order valence-electron chi connectivity index (χ1n) is 4.96. The molecule has 3 atom stereocenters. The first-order chi connectivity index (χ1) is 5.68. The van der Waals surface area contributed by atoms with Gasteiger partial charge in [-0.3, -0.25) is 0 Å². The second-order valence-corrected chi connectivity index (χ2v) is 6.63. The van der Waals surface area contributed by atoms with E-state index >= 15 is 0 Å². The van der Waals surface area contributed by atoms with Crippen LogP contribution in [0.15, 0.2) is 0 Å². The van der Waals surface area contributed by atoms with Gasteiger partial charge in [0.2, 0.25) is 0 Å². The third-order valence-electron chi connectivity index (χ3n) is 2.67. The molecule has 0 aromatic heterocycles. The second-order valence-electron chi connectivity index (χ2n) is 4.04. The zero-order valence-electron chi connectivity index (χ0n) is 7.73. The third kappa shape index (κ3) is 4.27. The smallest absolute Gasteiger partial charge is 0.0148 e. The molecule has 0 heterocycles. The van der Waals surface area contributed by atoms with Crippen molar-refractivity contribution in [2.45, 2.75) is 55.1 Å². The molecule has 2 heteroatoms. The Morgan fingerprint density at radius 2 is 1.58 bits per heavy atom. The summed E-state index contributed by atoms with van der Waals surface area (Å²) in [5.74, 6) is 0.896. The van der Waals surface area contributed by atoms with Crippen molar-refractivity contribution in [2.24, 2.45) is 5.92 Å².